The Bertz CT molecular complexity index is 302. The summed E-state index contributed by atoms with van der Waals surface area (Å²) in [5.74, 6) is 2.33. The Morgan fingerprint density at radius 2 is 2.07 bits per heavy atom. The van der Waals surface area contributed by atoms with E-state index in [1.807, 2.05) is 19.9 Å². The van der Waals surface area contributed by atoms with Gasteiger partial charge >= 0.3 is 0 Å². The lowest BCUT2D eigenvalue weighted by Crippen LogP contribution is -2.06. The lowest BCUT2D eigenvalue weighted by molar-refractivity contribution is 0.304. The standard InChI is InChI=1S/C11H19N3O/c1-4-7-15-11-8-10(12-6-3)13-9(5-2)14-11/h8H,4-7H2,1-3H3,(H,12,13,14). The molecule has 0 saturated carbocycles. The van der Waals surface area contributed by atoms with Crippen molar-refractivity contribution in [3.63, 3.8) is 0 Å². The highest BCUT2D eigenvalue weighted by Crippen LogP contribution is 2.13. The molecule has 4 nitrogen and oxygen atoms in total. The Morgan fingerprint density at radius 3 is 2.67 bits per heavy atom. The van der Waals surface area contributed by atoms with Crippen molar-refractivity contribution < 1.29 is 4.74 Å². The highest BCUT2D eigenvalue weighted by Gasteiger charge is 2.03. The van der Waals surface area contributed by atoms with Crippen LogP contribution in [0.5, 0.6) is 5.88 Å². The fraction of sp³-hybridized carbons (Fsp3) is 0.636. The summed E-state index contributed by atoms with van der Waals surface area (Å²) in [7, 11) is 0. The second-order valence-electron chi connectivity index (χ2n) is 3.24. The molecule has 0 unspecified atom stereocenters. The van der Waals surface area contributed by atoms with Gasteiger partial charge in [0.25, 0.3) is 0 Å². The number of ether oxygens (including phenoxy) is 1. The number of nitrogens with zero attached hydrogens (tertiary/aromatic N) is 2. The Morgan fingerprint density at radius 1 is 1.27 bits per heavy atom. The fourth-order valence-corrected chi connectivity index (χ4v) is 1.18. The zero-order valence-electron chi connectivity index (χ0n) is 9.71. The van der Waals surface area contributed by atoms with Gasteiger partial charge in [-0.05, 0) is 13.3 Å². The third-order valence-electron chi connectivity index (χ3n) is 1.88. The van der Waals surface area contributed by atoms with Crippen LogP contribution in [-0.4, -0.2) is 23.1 Å². The second-order valence-corrected chi connectivity index (χ2v) is 3.24. The average Bonchev–Trinajstić information content (AvgIpc) is 2.26. The van der Waals surface area contributed by atoms with Gasteiger partial charge in [-0.1, -0.05) is 13.8 Å². The van der Waals surface area contributed by atoms with Crippen LogP contribution in [0.1, 0.15) is 33.0 Å². The molecule has 0 saturated heterocycles. The van der Waals surface area contributed by atoms with Crippen LogP contribution < -0.4 is 10.1 Å². The zero-order chi connectivity index (χ0) is 11.1. The van der Waals surface area contributed by atoms with Crippen LogP contribution in [0.2, 0.25) is 0 Å². The number of anilines is 1. The lowest BCUT2D eigenvalue weighted by Gasteiger charge is -2.08. The molecule has 0 aliphatic rings. The number of aryl methyl sites for hydroxylation is 1. The largest absolute Gasteiger partial charge is 0.478 e. The Labute approximate surface area is 91.1 Å². The molecule has 1 heterocycles. The van der Waals surface area contributed by atoms with Crippen molar-refractivity contribution in [3.8, 4) is 5.88 Å². The summed E-state index contributed by atoms with van der Waals surface area (Å²) in [5.41, 5.74) is 0. The van der Waals surface area contributed by atoms with Crippen molar-refractivity contribution in [2.45, 2.75) is 33.6 Å². The van der Waals surface area contributed by atoms with Crippen molar-refractivity contribution in [1.29, 1.82) is 0 Å². The summed E-state index contributed by atoms with van der Waals surface area (Å²) >= 11 is 0. The molecule has 4 heteroatoms. The zero-order valence-corrected chi connectivity index (χ0v) is 9.71. The van der Waals surface area contributed by atoms with E-state index in [-0.39, 0.29) is 0 Å². The van der Waals surface area contributed by atoms with E-state index in [9.17, 15) is 0 Å². The normalized spacial score (nSPS) is 10.1. The summed E-state index contributed by atoms with van der Waals surface area (Å²) in [6.07, 6.45) is 1.81. The summed E-state index contributed by atoms with van der Waals surface area (Å²) in [5, 5.41) is 3.17. The van der Waals surface area contributed by atoms with Gasteiger partial charge in [-0.15, -0.1) is 0 Å². The maximum absolute atomic E-state index is 5.49. The van der Waals surface area contributed by atoms with Gasteiger partial charge < -0.3 is 10.1 Å². The molecule has 0 spiro atoms. The maximum Gasteiger partial charge on any atom is 0.218 e. The molecule has 0 atom stereocenters. The van der Waals surface area contributed by atoms with E-state index in [0.29, 0.717) is 12.5 Å². The number of rotatable bonds is 6. The number of hydrogen-bond acceptors (Lipinski definition) is 4. The molecule has 0 amide bonds. The van der Waals surface area contributed by atoms with Gasteiger partial charge in [0.2, 0.25) is 5.88 Å². The van der Waals surface area contributed by atoms with Crippen LogP contribution in [-0.2, 0) is 6.42 Å². The minimum absolute atomic E-state index is 0.666. The molecule has 1 aromatic heterocycles. The van der Waals surface area contributed by atoms with Crippen LogP contribution in [0.25, 0.3) is 0 Å². The minimum Gasteiger partial charge on any atom is -0.478 e. The predicted octanol–water partition coefficient (Wildman–Crippen LogP) is 2.26. The molecule has 1 N–H and O–H groups in total. The van der Waals surface area contributed by atoms with Crippen molar-refractivity contribution in [2.75, 3.05) is 18.5 Å². The first-order valence-electron chi connectivity index (χ1n) is 5.54. The second kappa shape index (κ2) is 6.22. The SMILES string of the molecule is CCCOc1cc(NCC)nc(CC)n1. The molecule has 84 valence electrons. The third kappa shape index (κ3) is 3.73. The van der Waals surface area contributed by atoms with Crippen LogP contribution in [0.15, 0.2) is 6.07 Å². The van der Waals surface area contributed by atoms with Gasteiger partial charge in [0.1, 0.15) is 11.6 Å². The van der Waals surface area contributed by atoms with Gasteiger partial charge in [-0.25, -0.2) is 4.98 Å². The van der Waals surface area contributed by atoms with E-state index >= 15 is 0 Å². The van der Waals surface area contributed by atoms with Gasteiger partial charge in [-0.2, -0.15) is 4.98 Å². The lowest BCUT2D eigenvalue weighted by atomic mass is 10.4. The highest BCUT2D eigenvalue weighted by atomic mass is 16.5. The van der Waals surface area contributed by atoms with Crippen molar-refractivity contribution in [1.82, 2.24) is 9.97 Å². The van der Waals surface area contributed by atoms with Crippen molar-refractivity contribution in [2.24, 2.45) is 0 Å². The molecule has 0 aromatic carbocycles. The van der Waals surface area contributed by atoms with Gasteiger partial charge in [-0.3, -0.25) is 0 Å². The molecule has 15 heavy (non-hydrogen) atoms. The molecule has 0 bridgehead atoms. The first-order chi connectivity index (χ1) is 7.30. The topological polar surface area (TPSA) is 47.0 Å². The highest BCUT2D eigenvalue weighted by molar-refractivity contribution is 5.38. The van der Waals surface area contributed by atoms with Gasteiger partial charge in [0.15, 0.2) is 0 Å². The van der Waals surface area contributed by atoms with E-state index in [4.69, 9.17) is 4.74 Å². The van der Waals surface area contributed by atoms with Crippen LogP contribution in [0.3, 0.4) is 0 Å². The monoisotopic (exact) mass is 209 g/mol. The van der Waals surface area contributed by atoms with E-state index in [2.05, 4.69) is 22.2 Å². The average molecular weight is 209 g/mol. The molecule has 1 aromatic rings. The first kappa shape index (κ1) is 11.8. The van der Waals surface area contributed by atoms with Crippen LogP contribution in [0, 0.1) is 0 Å². The molecule has 0 aliphatic carbocycles. The number of hydrogen-bond donors (Lipinski definition) is 1. The molecular weight excluding hydrogens is 190 g/mol. The molecule has 1 rings (SSSR count). The van der Waals surface area contributed by atoms with Gasteiger partial charge in [0.05, 0.1) is 6.61 Å². The van der Waals surface area contributed by atoms with Crippen LogP contribution >= 0.6 is 0 Å². The Kier molecular flexibility index (Phi) is 4.87. The quantitative estimate of drug-likeness (QED) is 0.780. The van der Waals surface area contributed by atoms with E-state index in [0.717, 1.165) is 31.0 Å². The van der Waals surface area contributed by atoms with Crippen molar-refractivity contribution in [3.05, 3.63) is 11.9 Å². The Hall–Kier alpha value is -1.32. The summed E-state index contributed by atoms with van der Waals surface area (Å²) in [6, 6.07) is 1.85. The molecule has 0 radical (unpaired) electrons. The van der Waals surface area contributed by atoms with E-state index in [1.54, 1.807) is 0 Å². The molecule has 0 fully saturated rings. The number of aromatic nitrogens is 2. The summed E-state index contributed by atoms with van der Waals surface area (Å²) in [4.78, 5) is 8.65. The van der Waals surface area contributed by atoms with Crippen molar-refractivity contribution >= 4 is 5.82 Å². The third-order valence-corrected chi connectivity index (χ3v) is 1.88. The fourth-order valence-electron chi connectivity index (χ4n) is 1.18. The summed E-state index contributed by atoms with van der Waals surface area (Å²) < 4.78 is 5.49. The Balaban J connectivity index is 2.79. The molecular formula is C11H19N3O. The maximum atomic E-state index is 5.49. The van der Waals surface area contributed by atoms with Gasteiger partial charge in [0, 0.05) is 19.0 Å². The first-order valence-corrected chi connectivity index (χ1v) is 5.54. The van der Waals surface area contributed by atoms with E-state index < -0.39 is 0 Å². The summed E-state index contributed by atoms with van der Waals surface area (Å²) in [6.45, 7) is 7.71. The molecule has 0 aliphatic heterocycles. The number of nitrogens with one attached hydrogen (secondary N) is 1. The smallest absolute Gasteiger partial charge is 0.218 e. The predicted molar refractivity (Wildman–Crippen MR) is 61.4 cm³/mol. The minimum atomic E-state index is 0.666. The van der Waals surface area contributed by atoms with Crippen LogP contribution in [0.4, 0.5) is 5.82 Å². The van der Waals surface area contributed by atoms with E-state index in [1.165, 1.54) is 0 Å².